The molecule has 0 spiro atoms. The Morgan fingerprint density at radius 1 is 1.08 bits per heavy atom. The van der Waals surface area contributed by atoms with Crippen molar-refractivity contribution in [3.8, 4) is 17.2 Å². The van der Waals surface area contributed by atoms with Gasteiger partial charge in [-0.25, -0.2) is 4.79 Å². The van der Waals surface area contributed by atoms with Crippen molar-refractivity contribution in [2.75, 3.05) is 13.7 Å². The molecule has 0 heterocycles. The molecular formula is C20H20O5. The fourth-order valence-electron chi connectivity index (χ4n) is 2.18. The number of carbonyl (C=O) groups is 2. The van der Waals surface area contributed by atoms with Crippen LogP contribution in [0.25, 0.3) is 6.08 Å². The van der Waals surface area contributed by atoms with Crippen LogP contribution in [0.4, 0.5) is 0 Å². The highest BCUT2D eigenvalue weighted by Gasteiger charge is 2.11. The van der Waals surface area contributed by atoms with E-state index in [1.807, 2.05) is 31.2 Å². The van der Waals surface area contributed by atoms with E-state index in [-0.39, 0.29) is 12.4 Å². The highest BCUT2D eigenvalue weighted by molar-refractivity contribution is 5.94. The van der Waals surface area contributed by atoms with Gasteiger partial charge in [0.15, 0.2) is 23.9 Å². The van der Waals surface area contributed by atoms with Gasteiger partial charge >= 0.3 is 5.97 Å². The van der Waals surface area contributed by atoms with E-state index in [0.29, 0.717) is 22.8 Å². The molecular weight excluding hydrogens is 320 g/mol. The van der Waals surface area contributed by atoms with E-state index in [9.17, 15) is 9.59 Å². The number of esters is 1. The first-order valence-corrected chi connectivity index (χ1v) is 7.78. The fourth-order valence-corrected chi connectivity index (χ4v) is 2.18. The van der Waals surface area contributed by atoms with E-state index in [2.05, 4.69) is 0 Å². The van der Waals surface area contributed by atoms with Crippen LogP contribution in [0.2, 0.25) is 0 Å². The van der Waals surface area contributed by atoms with Gasteiger partial charge in [-0.3, -0.25) is 4.79 Å². The molecule has 130 valence electrons. The van der Waals surface area contributed by atoms with Crippen molar-refractivity contribution in [2.24, 2.45) is 0 Å². The first-order chi connectivity index (χ1) is 12.0. The average molecular weight is 340 g/mol. The minimum atomic E-state index is -0.569. The molecule has 0 amide bonds. The predicted molar refractivity (Wildman–Crippen MR) is 95.3 cm³/mol. The lowest BCUT2D eigenvalue weighted by Crippen LogP contribution is -2.18. The van der Waals surface area contributed by atoms with E-state index in [1.54, 1.807) is 24.3 Å². The number of hydrogen-bond acceptors (Lipinski definition) is 5. The van der Waals surface area contributed by atoms with Gasteiger partial charge in [0.1, 0.15) is 5.75 Å². The van der Waals surface area contributed by atoms with Gasteiger partial charge < -0.3 is 14.2 Å². The largest absolute Gasteiger partial charge is 0.493 e. The molecule has 0 saturated carbocycles. The summed E-state index contributed by atoms with van der Waals surface area (Å²) in [5, 5.41) is 0. The van der Waals surface area contributed by atoms with Crippen LogP contribution in [0.1, 0.15) is 29.8 Å². The smallest absolute Gasteiger partial charge is 0.349 e. The molecule has 5 heteroatoms. The van der Waals surface area contributed by atoms with Crippen molar-refractivity contribution >= 4 is 17.8 Å². The predicted octanol–water partition coefficient (Wildman–Crippen LogP) is 3.92. The quantitative estimate of drug-likeness (QED) is 0.434. The zero-order valence-electron chi connectivity index (χ0n) is 14.4. The van der Waals surface area contributed by atoms with Gasteiger partial charge in [0, 0.05) is 5.56 Å². The van der Waals surface area contributed by atoms with Crippen LogP contribution >= 0.6 is 0 Å². The molecule has 2 aromatic rings. The summed E-state index contributed by atoms with van der Waals surface area (Å²) in [6, 6.07) is 11.9. The van der Waals surface area contributed by atoms with Gasteiger partial charge in [-0.2, -0.15) is 0 Å². The lowest BCUT2D eigenvalue weighted by Gasteiger charge is -2.11. The number of rotatable bonds is 7. The number of ether oxygens (including phenoxy) is 3. The summed E-state index contributed by atoms with van der Waals surface area (Å²) in [4.78, 5) is 23.3. The van der Waals surface area contributed by atoms with Crippen LogP contribution in [0, 0.1) is 0 Å². The number of Topliss-reactive ketones (excluding diaryl/α,β-unsaturated/α-hetero) is 1. The van der Waals surface area contributed by atoms with Crippen molar-refractivity contribution < 1.29 is 23.8 Å². The minimum Gasteiger partial charge on any atom is -0.493 e. The van der Waals surface area contributed by atoms with Crippen LogP contribution in [0.5, 0.6) is 17.2 Å². The maximum Gasteiger partial charge on any atom is 0.349 e. The van der Waals surface area contributed by atoms with Crippen LogP contribution in [-0.4, -0.2) is 25.5 Å². The molecule has 0 N–H and O–H groups in total. The Kier molecular flexibility index (Phi) is 6.34. The highest BCUT2D eigenvalue weighted by atomic mass is 16.6. The summed E-state index contributed by atoms with van der Waals surface area (Å²) in [7, 11) is 1.53. The lowest BCUT2D eigenvalue weighted by molar-refractivity contribution is -0.136. The molecule has 0 aliphatic carbocycles. The Morgan fingerprint density at radius 3 is 2.56 bits per heavy atom. The normalized spacial score (nSPS) is 10.5. The molecule has 0 radical (unpaired) electrons. The Morgan fingerprint density at radius 2 is 1.88 bits per heavy atom. The molecule has 0 aliphatic heterocycles. The third-order valence-corrected chi connectivity index (χ3v) is 3.36. The van der Waals surface area contributed by atoms with Crippen LogP contribution in [0.3, 0.4) is 0 Å². The Labute approximate surface area is 146 Å². The second kappa shape index (κ2) is 8.68. The second-order valence-electron chi connectivity index (χ2n) is 5.26. The SMILES string of the molecule is C/C=C/c1ccc(OCC(=O)Oc2cccc(C(C)=O)c2)c(OC)c1. The van der Waals surface area contributed by atoms with E-state index in [0.717, 1.165) is 5.56 Å². The first kappa shape index (κ1) is 18.3. The fraction of sp³-hybridized carbons (Fsp3) is 0.200. The number of carbonyl (C=O) groups excluding carboxylic acids is 2. The molecule has 25 heavy (non-hydrogen) atoms. The summed E-state index contributed by atoms with van der Waals surface area (Å²) < 4.78 is 16.0. The summed E-state index contributed by atoms with van der Waals surface area (Å²) in [6.45, 7) is 3.10. The maximum atomic E-state index is 12.0. The summed E-state index contributed by atoms with van der Waals surface area (Å²) in [5.74, 6) is 0.615. The van der Waals surface area contributed by atoms with Crippen molar-refractivity contribution in [1.29, 1.82) is 0 Å². The van der Waals surface area contributed by atoms with Crippen LogP contribution in [0.15, 0.2) is 48.5 Å². The number of ketones is 1. The molecule has 0 aliphatic rings. The summed E-state index contributed by atoms with van der Waals surface area (Å²) >= 11 is 0. The van der Waals surface area contributed by atoms with Crippen molar-refractivity contribution in [1.82, 2.24) is 0 Å². The Hall–Kier alpha value is -3.08. The molecule has 2 rings (SSSR count). The van der Waals surface area contributed by atoms with Crippen LogP contribution in [-0.2, 0) is 4.79 Å². The third-order valence-electron chi connectivity index (χ3n) is 3.36. The lowest BCUT2D eigenvalue weighted by atomic mass is 10.1. The molecule has 0 fully saturated rings. The topological polar surface area (TPSA) is 61.8 Å². The van der Waals surface area contributed by atoms with Gasteiger partial charge in [0.05, 0.1) is 7.11 Å². The van der Waals surface area contributed by atoms with Gasteiger partial charge in [0.25, 0.3) is 0 Å². The van der Waals surface area contributed by atoms with Gasteiger partial charge in [0.2, 0.25) is 0 Å². The molecule has 0 atom stereocenters. The number of allylic oxidation sites excluding steroid dienone is 1. The third kappa shape index (κ3) is 5.21. The average Bonchev–Trinajstić information content (AvgIpc) is 2.61. The molecule has 5 nitrogen and oxygen atoms in total. The number of hydrogen-bond donors (Lipinski definition) is 0. The Balaban J connectivity index is 2.00. The van der Waals surface area contributed by atoms with E-state index in [1.165, 1.54) is 20.1 Å². The highest BCUT2D eigenvalue weighted by Crippen LogP contribution is 2.28. The molecule has 0 bridgehead atoms. The minimum absolute atomic E-state index is 0.0971. The van der Waals surface area contributed by atoms with Gasteiger partial charge in [-0.1, -0.05) is 30.4 Å². The van der Waals surface area contributed by atoms with Crippen LogP contribution < -0.4 is 14.2 Å². The molecule has 0 aromatic heterocycles. The van der Waals surface area contributed by atoms with Crippen molar-refractivity contribution in [3.63, 3.8) is 0 Å². The Bertz CT molecular complexity index is 792. The standard InChI is InChI=1S/C20H20O5/c1-4-6-15-9-10-18(19(11-15)23-3)24-13-20(22)25-17-8-5-7-16(12-17)14(2)21/h4-12H,13H2,1-3H3/b6-4+. The van der Waals surface area contributed by atoms with Gasteiger partial charge in [-0.05, 0) is 43.7 Å². The maximum absolute atomic E-state index is 12.0. The van der Waals surface area contributed by atoms with Gasteiger partial charge in [-0.15, -0.1) is 0 Å². The van der Waals surface area contributed by atoms with E-state index >= 15 is 0 Å². The van der Waals surface area contributed by atoms with E-state index in [4.69, 9.17) is 14.2 Å². The second-order valence-corrected chi connectivity index (χ2v) is 5.26. The monoisotopic (exact) mass is 340 g/mol. The van der Waals surface area contributed by atoms with E-state index < -0.39 is 5.97 Å². The first-order valence-electron chi connectivity index (χ1n) is 7.78. The number of methoxy groups -OCH3 is 1. The summed E-state index contributed by atoms with van der Waals surface area (Å²) in [6.07, 6.45) is 3.85. The number of benzene rings is 2. The zero-order chi connectivity index (χ0) is 18.2. The molecule has 0 saturated heterocycles. The van der Waals surface area contributed by atoms with Crippen molar-refractivity contribution in [3.05, 3.63) is 59.7 Å². The molecule has 2 aromatic carbocycles. The molecule has 0 unspecified atom stereocenters. The van der Waals surface area contributed by atoms with Crippen molar-refractivity contribution in [2.45, 2.75) is 13.8 Å². The summed E-state index contributed by atoms with van der Waals surface area (Å²) in [5.41, 5.74) is 1.45. The zero-order valence-corrected chi connectivity index (χ0v) is 14.4.